The monoisotopic (exact) mass is 287 g/mol. The molecule has 0 radical (unpaired) electrons. The number of carbonyl (C=O) groups excluding carboxylic acids is 2. The number of esters is 1. The molecule has 1 saturated carbocycles. The van der Waals surface area contributed by atoms with Gasteiger partial charge in [0.05, 0.1) is 13.2 Å². The van der Waals surface area contributed by atoms with E-state index >= 15 is 0 Å². The lowest BCUT2D eigenvalue weighted by Crippen LogP contribution is -2.58. The van der Waals surface area contributed by atoms with Gasteiger partial charge in [-0.1, -0.05) is 0 Å². The van der Waals surface area contributed by atoms with E-state index in [4.69, 9.17) is 14.2 Å². The highest BCUT2D eigenvalue weighted by Crippen LogP contribution is 2.31. The Morgan fingerprint density at radius 3 is 2.10 bits per heavy atom. The summed E-state index contributed by atoms with van der Waals surface area (Å²) in [6, 6.07) is 0. The van der Waals surface area contributed by atoms with Crippen LogP contribution in [0, 0.1) is 0 Å². The van der Waals surface area contributed by atoms with Gasteiger partial charge in [0.2, 0.25) is 0 Å². The molecule has 116 valence electrons. The molecular weight excluding hydrogens is 262 g/mol. The lowest BCUT2D eigenvalue weighted by Gasteiger charge is -2.38. The molecule has 0 spiro atoms. The molecule has 1 aliphatic rings. The Labute approximate surface area is 120 Å². The van der Waals surface area contributed by atoms with Gasteiger partial charge in [0, 0.05) is 7.11 Å². The highest BCUT2D eigenvalue weighted by Gasteiger charge is 2.45. The first-order chi connectivity index (χ1) is 9.22. The fourth-order valence-corrected chi connectivity index (χ4v) is 2.39. The van der Waals surface area contributed by atoms with Gasteiger partial charge in [0.15, 0.2) is 0 Å². The summed E-state index contributed by atoms with van der Waals surface area (Å²) in [6.07, 6.45) is 1.88. The summed E-state index contributed by atoms with van der Waals surface area (Å²) in [6.45, 7) is 5.33. The van der Waals surface area contributed by atoms with Crippen molar-refractivity contribution in [3.05, 3.63) is 0 Å². The van der Waals surface area contributed by atoms with Crippen LogP contribution >= 0.6 is 0 Å². The molecule has 6 heteroatoms. The molecule has 0 aromatic heterocycles. The molecule has 0 unspecified atom stereocenters. The minimum absolute atomic E-state index is 0.119. The van der Waals surface area contributed by atoms with Crippen LogP contribution in [0.2, 0.25) is 0 Å². The summed E-state index contributed by atoms with van der Waals surface area (Å²) in [7, 11) is 2.97. The summed E-state index contributed by atoms with van der Waals surface area (Å²) in [5.74, 6) is -0.432. The Balaban J connectivity index is 2.76. The molecular formula is C14H25NO5. The van der Waals surface area contributed by atoms with E-state index in [1.165, 1.54) is 7.11 Å². The zero-order chi connectivity index (χ0) is 15.4. The van der Waals surface area contributed by atoms with E-state index in [1.54, 1.807) is 27.9 Å². The Morgan fingerprint density at radius 2 is 1.70 bits per heavy atom. The van der Waals surface area contributed by atoms with Gasteiger partial charge >= 0.3 is 12.1 Å². The molecule has 20 heavy (non-hydrogen) atoms. The third-order valence-corrected chi connectivity index (χ3v) is 3.44. The van der Waals surface area contributed by atoms with Crippen molar-refractivity contribution in [2.24, 2.45) is 0 Å². The Bertz CT molecular complexity index is 353. The van der Waals surface area contributed by atoms with Gasteiger partial charge in [0.25, 0.3) is 0 Å². The number of rotatable bonds is 3. The van der Waals surface area contributed by atoms with E-state index in [-0.39, 0.29) is 6.10 Å². The Hall–Kier alpha value is -1.30. The van der Waals surface area contributed by atoms with Gasteiger partial charge in [0.1, 0.15) is 11.1 Å². The van der Waals surface area contributed by atoms with Crippen LogP contribution < -0.4 is 5.32 Å². The van der Waals surface area contributed by atoms with E-state index in [9.17, 15) is 9.59 Å². The third-order valence-electron chi connectivity index (χ3n) is 3.44. The smallest absolute Gasteiger partial charge is 0.408 e. The van der Waals surface area contributed by atoms with Gasteiger partial charge in [-0.05, 0) is 46.5 Å². The number of carbonyl (C=O) groups is 2. The molecule has 6 nitrogen and oxygen atoms in total. The largest absolute Gasteiger partial charge is 0.467 e. The summed E-state index contributed by atoms with van der Waals surface area (Å²) >= 11 is 0. The summed E-state index contributed by atoms with van der Waals surface area (Å²) in [4.78, 5) is 24.0. The summed E-state index contributed by atoms with van der Waals surface area (Å²) in [5.41, 5.74) is -1.61. The number of nitrogens with one attached hydrogen (secondary N) is 1. The predicted octanol–water partition coefficient (Wildman–Crippen LogP) is 2.01. The minimum Gasteiger partial charge on any atom is -0.467 e. The minimum atomic E-state index is -1.01. The Kier molecular flexibility index (Phi) is 5.39. The Morgan fingerprint density at radius 1 is 1.15 bits per heavy atom. The van der Waals surface area contributed by atoms with Crippen molar-refractivity contribution < 1.29 is 23.8 Å². The number of hydrogen-bond donors (Lipinski definition) is 1. The molecule has 1 N–H and O–H groups in total. The van der Waals surface area contributed by atoms with Crippen LogP contribution in [0.4, 0.5) is 4.79 Å². The van der Waals surface area contributed by atoms with Crippen LogP contribution in [0.25, 0.3) is 0 Å². The van der Waals surface area contributed by atoms with Crippen LogP contribution in [0.15, 0.2) is 0 Å². The molecule has 1 amide bonds. The second kappa shape index (κ2) is 6.43. The first kappa shape index (κ1) is 16.8. The van der Waals surface area contributed by atoms with Crippen LogP contribution in [0.1, 0.15) is 46.5 Å². The SMILES string of the molecule is COC(=O)[C@]1(NC(=O)OC(C)(C)C)CC[C@@H](OC)CC1. The third kappa shape index (κ3) is 4.37. The van der Waals surface area contributed by atoms with Crippen LogP contribution in [-0.4, -0.2) is 43.5 Å². The molecule has 1 rings (SSSR count). The molecule has 0 saturated heterocycles. The number of alkyl carbamates (subject to hydrolysis) is 1. The van der Waals surface area contributed by atoms with E-state index in [2.05, 4.69) is 5.32 Å². The first-order valence-corrected chi connectivity index (χ1v) is 6.85. The maximum absolute atomic E-state index is 12.1. The maximum Gasteiger partial charge on any atom is 0.408 e. The topological polar surface area (TPSA) is 73.9 Å². The van der Waals surface area contributed by atoms with Crippen molar-refractivity contribution in [2.45, 2.75) is 63.7 Å². The summed E-state index contributed by atoms with van der Waals surface area (Å²) in [5, 5.41) is 2.69. The second-order valence-electron chi connectivity index (χ2n) is 6.14. The van der Waals surface area contributed by atoms with Gasteiger partial charge in [-0.15, -0.1) is 0 Å². The zero-order valence-electron chi connectivity index (χ0n) is 12.9. The number of methoxy groups -OCH3 is 2. The highest BCUT2D eigenvalue weighted by molar-refractivity contribution is 5.86. The second-order valence-corrected chi connectivity index (χ2v) is 6.14. The quantitative estimate of drug-likeness (QED) is 0.804. The molecule has 1 aliphatic carbocycles. The predicted molar refractivity (Wildman–Crippen MR) is 73.4 cm³/mol. The maximum atomic E-state index is 12.1. The average molecular weight is 287 g/mol. The van der Waals surface area contributed by atoms with Crippen molar-refractivity contribution in [1.29, 1.82) is 0 Å². The van der Waals surface area contributed by atoms with Crippen LogP contribution in [0.5, 0.6) is 0 Å². The molecule has 0 atom stereocenters. The molecule has 0 aromatic rings. The van der Waals surface area contributed by atoms with E-state index < -0.39 is 23.2 Å². The molecule has 0 aliphatic heterocycles. The number of hydrogen-bond acceptors (Lipinski definition) is 5. The standard InChI is InChI=1S/C14H25NO5/c1-13(2,3)20-12(17)15-14(11(16)19-5)8-6-10(18-4)7-9-14/h10H,6-9H2,1-5H3,(H,15,17)/t10-,14+. The molecule has 0 heterocycles. The van der Waals surface area contributed by atoms with Gasteiger partial charge in [-0.25, -0.2) is 9.59 Å². The molecule has 1 fully saturated rings. The highest BCUT2D eigenvalue weighted by atomic mass is 16.6. The van der Waals surface area contributed by atoms with E-state index in [1.807, 2.05) is 0 Å². The normalized spacial score (nSPS) is 26.8. The first-order valence-electron chi connectivity index (χ1n) is 6.85. The number of ether oxygens (including phenoxy) is 3. The van der Waals surface area contributed by atoms with Crippen molar-refractivity contribution in [3.8, 4) is 0 Å². The lowest BCUT2D eigenvalue weighted by atomic mass is 9.80. The lowest BCUT2D eigenvalue weighted by molar-refractivity contribution is -0.151. The van der Waals surface area contributed by atoms with Gasteiger partial charge < -0.3 is 19.5 Å². The van der Waals surface area contributed by atoms with Crippen molar-refractivity contribution >= 4 is 12.1 Å². The fraction of sp³-hybridized carbons (Fsp3) is 0.857. The molecule has 0 bridgehead atoms. The fourth-order valence-electron chi connectivity index (χ4n) is 2.39. The van der Waals surface area contributed by atoms with E-state index in [0.29, 0.717) is 25.7 Å². The number of amides is 1. The van der Waals surface area contributed by atoms with Gasteiger partial charge in [-0.2, -0.15) is 0 Å². The van der Waals surface area contributed by atoms with E-state index in [0.717, 1.165) is 0 Å². The van der Waals surface area contributed by atoms with Gasteiger partial charge in [-0.3, -0.25) is 0 Å². The molecule has 0 aromatic carbocycles. The van der Waals surface area contributed by atoms with Crippen LogP contribution in [-0.2, 0) is 19.0 Å². The van der Waals surface area contributed by atoms with Crippen LogP contribution in [0.3, 0.4) is 0 Å². The van der Waals surface area contributed by atoms with Crippen molar-refractivity contribution in [2.75, 3.05) is 14.2 Å². The zero-order valence-corrected chi connectivity index (χ0v) is 12.9. The van der Waals surface area contributed by atoms with Crippen molar-refractivity contribution in [1.82, 2.24) is 5.32 Å². The average Bonchev–Trinajstić information content (AvgIpc) is 2.36. The summed E-state index contributed by atoms with van der Waals surface area (Å²) < 4.78 is 15.4. The van der Waals surface area contributed by atoms with Crippen molar-refractivity contribution in [3.63, 3.8) is 0 Å².